The van der Waals surface area contributed by atoms with Gasteiger partial charge in [-0.25, -0.2) is 4.79 Å². The second kappa shape index (κ2) is 12.6. The van der Waals surface area contributed by atoms with Gasteiger partial charge in [-0.2, -0.15) is 0 Å². The van der Waals surface area contributed by atoms with Crippen molar-refractivity contribution in [1.82, 2.24) is 0 Å². The fourth-order valence-corrected chi connectivity index (χ4v) is 3.52. The molecule has 0 aliphatic heterocycles. The molecule has 3 aromatic rings. The molecule has 0 bridgehead atoms. The Balaban J connectivity index is 1.54. The molecule has 0 radical (unpaired) electrons. The van der Waals surface area contributed by atoms with Crippen LogP contribution in [0.2, 0.25) is 0 Å². The largest absolute Gasteiger partial charge is 0.490 e. The van der Waals surface area contributed by atoms with Gasteiger partial charge in [0.25, 0.3) is 0 Å². The summed E-state index contributed by atoms with van der Waals surface area (Å²) in [4.78, 5) is 12.0. The Hall–Kier alpha value is -3.37. The van der Waals surface area contributed by atoms with Gasteiger partial charge in [-0.05, 0) is 66.8 Å². The molecule has 0 aromatic heterocycles. The van der Waals surface area contributed by atoms with E-state index < -0.39 is 6.10 Å². The van der Waals surface area contributed by atoms with Crippen LogP contribution in [-0.2, 0) is 20.7 Å². The van der Waals surface area contributed by atoms with E-state index in [-0.39, 0.29) is 5.97 Å². The van der Waals surface area contributed by atoms with Crippen molar-refractivity contribution in [2.75, 3.05) is 19.8 Å². The number of ether oxygens (including phenoxy) is 3. The van der Waals surface area contributed by atoms with Crippen LogP contribution in [0.3, 0.4) is 0 Å². The standard InChI is InChI=1S/C29H32O4/c1-4-31-28(29(30)32-5-2)21-23-11-17-27(18-12-23)33-20-19-22(3)24-13-15-26(16-14-24)25-9-7-6-8-10-25/h6-19,28H,4-5,20-21H2,1-3H3/t28-/m0/s1. The summed E-state index contributed by atoms with van der Waals surface area (Å²) < 4.78 is 16.5. The van der Waals surface area contributed by atoms with Gasteiger partial charge in [-0.1, -0.05) is 66.7 Å². The minimum Gasteiger partial charge on any atom is -0.490 e. The monoisotopic (exact) mass is 444 g/mol. The van der Waals surface area contributed by atoms with Crippen LogP contribution < -0.4 is 4.74 Å². The number of carbonyl (C=O) groups is 1. The van der Waals surface area contributed by atoms with Crippen molar-refractivity contribution in [2.24, 2.45) is 0 Å². The van der Waals surface area contributed by atoms with Gasteiger partial charge in [0.2, 0.25) is 0 Å². The highest BCUT2D eigenvalue weighted by atomic mass is 16.6. The van der Waals surface area contributed by atoms with Crippen LogP contribution in [0, 0.1) is 0 Å². The molecular weight excluding hydrogens is 412 g/mol. The summed E-state index contributed by atoms with van der Waals surface area (Å²) in [7, 11) is 0. The summed E-state index contributed by atoms with van der Waals surface area (Å²) >= 11 is 0. The topological polar surface area (TPSA) is 44.8 Å². The summed E-state index contributed by atoms with van der Waals surface area (Å²) in [6, 6.07) is 26.7. The van der Waals surface area contributed by atoms with E-state index in [1.807, 2.05) is 37.3 Å². The first kappa shape index (κ1) is 24.3. The third-order valence-corrected chi connectivity index (χ3v) is 5.35. The fourth-order valence-electron chi connectivity index (χ4n) is 3.52. The Morgan fingerprint density at radius 1 is 0.848 bits per heavy atom. The average Bonchev–Trinajstić information content (AvgIpc) is 2.85. The molecule has 0 amide bonds. The zero-order valence-electron chi connectivity index (χ0n) is 19.6. The lowest BCUT2D eigenvalue weighted by Gasteiger charge is -2.15. The van der Waals surface area contributed by atoms with Gasteiger partial charge >= 0.3 is 5.97 Å². The van der Waals surface area contributed by atoms with Gasteiger partial charge in [0.05, 0.1) is 6.61 Å². The molecule has 4 nitrogen and oxygen atoms in total. The van der Waals surface area contributed by atoms with Gasteiger partial charge in [0.15, 0.2) is 6.10 Å². The van der Waals surface area contributed by atoms with E-state index in [2.05, 4.69) is 61.5 Å². The first-order valence-electron chi connectivity index (χ1n) is 11.4. The molecule has 172 valence electrons. The van der Waals surface area contributed by atoms with Gasteiger partial charge in [-0.3, -0.25) is 0 Å². The summed E-state index contributed by atoms with van der Waals surface area (Å²) in [6.07, 6.45) is 1.97. The number of carbonyl (C=O) groups excluding carboxylic acids is 1. The van der Waals surface area contributed by atoms with Crippen molar-refractivity contribution in [3.05, 3.63) is 96.1 Å². The van der Waals surface area contributed by atoms with Crippen LogP contribution in [0.15, 0.2) is 84.9 Å². The summed E-state index contributed by atoms with van der Waals surface area (Å²) in [5, 5.41) is 0. The lowest BCUT2D eigenvalue weighted by atomic mass is 10.0. The van der Waals surface area contributed by atoms with E-state index >= 15 is 0 Å². The minimum absolute atomic E-state index is 0.322. The molecule has 1 atom stereocenters. The molecule has 0 spiro atoms. The maximum atomic E-state index is 12.0. The van der Waals surface area contributed by atoms with Crippen molar-refractivity contribution < 1.29 is 19.0 Å². The second-order valence-electron chi connectivity index (χ2n) is 7.69. The Bertz CT molecular complexity index is 1020. The zero-order chi connectivity index (χ0) is 23.5. The second-order valence-corrected chi connectivity index (χ2v) is 7.69. The molecule has 0 aliphatic rings. The van der Waals surface area contributed by atoms with Crippen molar-refractivity contribution in [2.45, 2.75) is 33.3 Å². The predicted octanol–water partition coefficient (Wildman–Crippen LogP) is 6.35. The lowest BCUT2D eigenvalue weighted by molar-refractivity contribution is -0.156. The highest BCUT2D eigenvalue weighted by Gasteiger charge is 2.20. The molecule has 0 saturated heterocycles. The third-order valence-electron chi connectivity index (χ3n) is 5.35. The van der Waals surface area contributed by atoms with Crippen molar-refractivity contribution in [3.8, 4) is 16.9 Å². The number of hydrogen-bond acceptors (Lipinski definition) is 4. The Labute approximate surface area is 196 Å². The summed E-state index contributed by atoms with van der Waals surface area (Å²) in [5.74, 6) is 0.461. The smallest absolute Gasteiger partial charge is 0.335 e. The van der Waals surface area contributed by atoms with E-state index in [1.165, 1.54) is 22.3 Å². The summed E-state index contributed by atoms with van der Waals surface area (Å²) in [5.41, 5.74) is 5.76. The van der Waals surface area contributed by atoms with Crippen LogP contribution in [0.1, 0.15) is 31.9 Å². The molecule has 0 N–H and O–H groups in total. The lowest BCUT2D eigenvalue weighted by Crippen LogP contribution is -2.28. The molecule has 0 fully saturated rings. The third kappa shape index (κ3) is 7.33. The number of hydrogen-bond donors (Lipinski definition) is 0. The molecule has 0 saturated carbocycles. The molecule has 0 aliphatic carbocycles. The minimum atomic E-state index is -0.583. The maximum Gasteiger partial charge on any atom is 0.335 e. The van der Waals surface area contributed by atoms with Gasteiger partial charge < -0.3 is 14.2 Å². The normalized spacial score (nSPS) is 12.3. The first-order chi connectivity index (χ1) is 16.1. The molecule has 3 aromatic carbocycles. The maximum absolute atomic E-state index is 12.0. The Morgan fingerprint density at radius 3 is 2.15 bits per heavy atom. The Kier molecular flexibility index (Phi) is 9.28. The van der Waals surface area contributed by atoms with Crippen LogP contribution >= 0.6 is 0 Å². The molecular formula is C29H32O4. The van der Waals surface area contributed by atoms with Crippen molar-refractivity contribution in [1.29, 1.82) is 0 Å². The number of benzene rings is 3. The van der Waals surface area contributed by atoms with E-state index in [9.17, 15) is 4.79 Å². The molecule has 3 rings (SSSR count). The first-order valence-corrected chi connectivity index (χ1v) is 11.4. The highest BCUT2D eigenvalue weighted by Crippen LogP contribution is 2.22. The molecule has 33 heavy (non-hydrogen) atoms. The van der Waals surface area contributed by atoms with E-state index in [4.69, 9.17) is 14.2 Å². The number of esters is 1. The van der Waals surface area contributed by atoms with E-state index in [1.54, 1.807) is 6.92 Å². The Morgan fingerprint density at radius 2 is 1.52 bits per heavy atom. The van der Waals surface area contributed by atoms with Gasteiger partial charge in [0, 0.05) is 13.0 Å². The quantitative estimate of drug-likeness (QED) is 0.323. The predicted molar refractivity (Wildman–Crippen MR) is 133 cm³/mol. The number of allylic oxidation sites excluding steroid dienone is 1. The van der Waals surface area contributed by atoms with Crippen LogP contribution in [0.5, 0.6) is 5.75 Å². The van der Waals surface area contributed by atoms with Crippen LogP contribution in [-0.4, -0.2) is 31.9 Å². The zero-order valence-corrected chi connectivity index (χ0v) is 19.6. The SMILES string of the molecule is CCOC(=O)[C@H](Cc1ccc(OCC=C(C)c2ccc(-c3ccccc3)cc2)cc1)OCC. The highest BCUT2D eigenvalue weighted by molar-refractivity contribution is 5.75. The van der Waals surface area contributed by atoms with Gasteiger partial charge in [0.1, 0.15) is 12.4 Å². The number of rotatable bonds is 11. The van der Waals surface area contributed by atoms with Crippen molar-refractivity contribution in [3.63, 3.8) is 0 Å². The van der Waals surface area contributed by atoms with Crippen LogP contribution in [0.25, 0.3) is 16.7 Å². The average molecular weight is 445 g/mol. The van der Waals surface area contributed by atoms with Crippen molar-refractivity contribution >= 4 is 11.5 Å². The fraction of sp³-hybridized carbons (Fsp3) is 0.276. The van der Waals surface area contributed by atoms with Gasteiger partial charge in [-0.15, -0.1) is 0 Å². The summed E-state index contributed by atoms with van der Waals surface area (Å²) in [6.45, 7) is 7.05. The van der Waals surface area contributed by atoms with E-state index in [0.717, 1.165) is 11.3 Å². The molecule has 0 unspecified atom stereocenters. The molecule has 0 heterocycles. The molecule has 4 heteroatoms. The van der Waals surface area contributed by atoms with Crippen LogP contribution in [0.4, 0.5) is 0 Å². The van der Waals surface area contributed by atoms with E-state index in [0.29, 0.717) is 26.2 Å².